The molecule has 2 N–H and O–H groups in total. The molecule has 1 aromatic heterocycles. The molecule has 0 fully saturated rings. The highest BCUT2D eigenvalue weighted by molar-refractivity contribution is 7.80. The summed E-state index contributed by atoms with van der Waals surface area (Å²) in [6.07, 6.45) is 1.86. The molecule has 0 amide bonds. The van der Waals surface area contributed by atoms with Crippen LogP contribution in [0.4, 0.5) is 5.69 Å². The highest BCUT2D eigenvalue weighted by atomic mass is 32.1. The van der Waals surface area contributed by atoms with Crippen LogP contribution in [-0.2, 0) is 13.0 Å². The highest BCUT2D eigenvalue weighted by Gasteiger charge is 2.17. The molecule has 2 aromatic carbocycles. The third kappa shape index (κ3) is 6.17. The average molecular weight is 509 g/mol. The zero-order chi connectivity index (χ0) is 25.5. The Hall–Kier alpha value is -3.10. The molecule has 0 atom stereocenters. The second-order valence-electron chi connectivity index (χ2n) is 8.95. The Balaban J connectivity index is 1.58. The molecule has 0 unspecified atom stereocenters. The molecule has 0 aliphatic carbocycles. The van der Waals surface area contributed by atoms with Crippen molar-refractivity contribution in [2.24, 2.45) is 0 Å². The van der Waals surface area contributed by atoms with E-state index in [1.165, 1.54) is 5.56 Å². The van der Waals surface area contributed by atoms with Crippen LogP contribution in [0.2, 0.25) is 0 Å². The summed E-state index contributed by atoms with van der Waals surface area (Å²) in [7, 11) is 0. The van der Waals surface area contributed by atoms with Gasteiger partial charge in [0.25, 0.3) is 5.56 Å². The average Bonchev–Trinajstić information content (AvgIpc) is 2.90. The fourth-order valence-electron chi connectivity index (χ4n) is 4.53. The summed E-state index contributed by atoms with van der Waals surface area (Å²) in [4.78, 5) is 20.6. The Kier molecular flexibility index (Phi) is 8.83. The van der Waals surface area contributed by atoms with Gasteiger partial charge in [0, 0.05) is 29.2 Å². The van der Waals surface area contributed by atoms with Crippen LogP contribution in [0.25, 0.3) is 10.9 Å². The van der Waals surface area contributed by atoms with Gasteiger partial charge in [0.2, 0.25) is 0 Å². The molecule has 2 heterocycles. The number of nitrogens with zero attached hydrogens (tertiary/aromatic N) is 2. The molecule has 1 aliphatic rings. The fraction of sp³-hybridized carbons (Fsp3) is 0.429. The summed E-state index contributed by atoms with van der Waals surface area (Å²) in [6, 6.07) is 13.9. The monoisotopic (exact) mass is 508 g/mol. The lowest BCUT2D eigenvalue weighted by Gasteiger charge is -2.28. The van der Waals surface area contributed by atoms with E-state index in [4.69, 9.17) is 21.7 Å². The quantitative estimate of drug-likeness (QED) is 0.382. The van der Waals surface area contributed by atoms with E-state index in [1.54, 1.807) is 0 Å². The number of aromatic amines is 1. The van der Waals surface area contributed by atoms with Crippen LogP contribution in [0.15, 0.2) is 47.3 Å². The number of nitrogens with one attached hydrogen (secondary N) is 2. The van der Waals surface area contributed by atoms with Gasteiger partial charge in [-0.15, -0.1) is 0 Å². The smallest absolute Gasteiger partial charge is 0.253 e. The maximum atomic E-state index is 13.1. The molecule has 4 rings (SSSR count). The standard InChI is InChI=1S/C28H36N4O3S/c1-4-20-10-7-8-11-23(20)30-28(36)32(13-9-12-31(5-2)6-3)19-22-16-21-17-25-26(35-15-14-34-25)18-24(21)29-27(22)33/h7-8,10-11,16-18H,4-6,9,12-15,19H2,1-3H3,(H,29,33)(H,30,36). The lowest BCUT2D eigenvalue weighted by atomic mass is 10.1. The summed E-state index contributed by atoms with van der Waals surface area (Å²) in [5, 5.41) is 4.97. The first kappa shape index (κ1) is 26.0. The number of aryl methyl sites for hydroxylation is 1. The van der Waals surface area contributed by atoms with Gasteiger partial charge in [-0.3, -0.25) is 4.79 Å². The van der Waals surface area contributed by atoms with E-state index in [9.17, 15) is 4.79 Å². The van der Waals surface area contributed by atoms with Crippen molar-refractivity contribution in [3.63, 3.8) is 0 Å². The number of H-pyrrole nitrogens is 1. The van der Waals surface area contributed by atoms with Crippen molar-refractivity contribution in [2.75, 3.05) is 44.7 Å². The van der Waals surface area contributed by atoms with Crippen molar-refractivity contribution >= 4 is 33.9 Å². The largest absolute Gasteiger partial charge is 0.486 e. The summed E-state index contributed by atoms with van der Waals surface area (Å²) in [5.41, 5.74) is 3.49. The molecule has 192 valence electrons. The van der Waals surface area contributed by atoms with E-state index < -0.39 is 0 Å². The van der Waals surface area contributed by atoms with E-state index in [1.807, 2.05) is 36.4 Å². The van der Waals surface area contributed by atoms with Crippen molar-refractivity contribution in [1.82, 2.24) is 14.8 Å². The Bertz CT molecular complexity index is 1260. The van der Waals surface area contributed by atoms with Gasteiger partial charge in [0.1, 0.15) is 13.2 Å². The van der Waals surface area contributed by atoms with Crippen molar-refractivity contribution < 1.29 is 9.47 Å². The lowest BCUT2D eigenvalue weighted by molar-refractivity contribution is 0.172. The molecule has 36 heavy (non-hydrogen) atoms. The summed E-state index contributed by atoms with van der Waals surface area (Å²) in [6.45, 7) is 11.7. The van der Waals surface area contributed by atoms with Gasteiger partial charge in [0.05, 0.1) is 12.1 Å². The SMILES string of the molecule is CCc1ccccc1NC(=S)N(CCCN(CC)CC)Cc1cc2cc3c(cc2[nH]c1=O)OCCO3. The number of pyridine rings is 1. The number of rotatable bonds is 10. The highest BCUT2D eigenvalue weighted by Crippen LogP contribution is 2.33. The maximum Gasteiger partial charge on any atom is 0.253 e. The molecule has 0 saturated heterocycles. The fourth-order valence-corrected chi connectivity index (χ4v) is 4.80. The van der Waals surface area contributed by atoms with Crippen molar-refractivity contribution in [2.45, 2.75) is 40.2 Å². The summed E-state index contributed by atoms with van der Waals surface area (Å²) >= 11 is 5.87. The molecule has 3 aromatic rings. The molecule has 0 saturated carbocycles. The van der Waals surface area contributed by atoms with Crippen molar-refractivity contribution in [3.05, 3.63) is 63.9 Å². The molecule has 8 heteroatoms. The lowest BCUT2D eigenvalue weighted by Crippen LogP contribution is -2.38. The first-order valence-electron chi connectivity index (χ1n) is 12.8. The maximum absolute atomic E-state index is 13.1. The van der Waals surface area contributed by atoms with Crippen LogP contribution in [-0.4, -0.2) is 59.3 Å². The zero-order valence-electron chi connectivity index (χ0n) is 21.4. The van der Waals surface area contributed by atoms with Crippen LogP contribution in [0.3, 0.4) is 0 Å². The number of thiocarbonyl (C=S) groups is 1. The first-order valence-corrected chi connectivity index (χ1v) is 13.2. The first-order chi connectivity index (χ1) is 17.5. The molecule has 0 radical (unpaired) electrons. The Morgan fingerprint density at radius 3 is 2.44 bits per heavy atom. The number of hydrogen-bond acceptors (Lipinski definition) is 5. The van der Waals surface area contributed by atoms with Crippen molar-refractivity contribution in [3.8, 4) is 11.5 Å². The number of benzene rings is 2. The molecular formula is C28H36N4O3S. The zero-order valence-corrected chi connectivity index (χ0v) is 22.2. The van der Waals surface area contributed by atoms with Gasteiger partial charge in [-0.2, -0.15) is 0 Å². The topological polar surface area (TPSA) is 69.8 Å². The molecule has 0 bridgehead atoms. The Morgan fingerprint density at radius 2 is 1.72 bits per heavy atom. The van der Waals surface area contributed by atoms with Crippen LogP contribution in [0.1, 0.15) is 38.3 Å². The summed E-state index contributed by atoms with van der Waals surface area (Å²) < 4.78 is 11.4. The number of fused-ring (bicyclic) bond motifs is 2. The molecular weight excluding hydrogens is 472 g/mol. The van der Waals surface area contributed by atoms with E-state index in [2.05, 4.69) is 46.9 Å². The van der Waals surface area contributed by atoms with Gasteiger partial charge in [-0.05, 0) is 68.5 Å². The number of para-hydroxylation sites is 1. The minimum Gasteiger partial charge on any atom is -0.486 e. The predicted octanol–water partition coefficient (Wildman–Crippen LogP) is 4.79. The number of hydrogen-bond donors (Lipinski definition) is 2. The van der Waals surface area contributed by atoms with Crippen LogP contribution < -0.4 is 20.3 Å². The predicted molar refractivity (Wildman–Crippen MR) is 150 cm³/mol. The number of aromatic nitrogens is 1. The third-order valence-corrected chi connectivity index (χ3v) is 7.03. The second-order valence-corrected chi connectivity index (χ2v) is 9.34. The van der Waals surface area contributed by atoms with Gasteiger partial charge < -0.3 is 29.6 Å². The number of ether oxygens (including phenoxy) is 2. The van der Waals surface area contributed by atoms with E-state index in [0.29, 0.717) is 41.9 Å². The van der Waals surface area contributed by atoms with E-state index in [0.717, 1.165) is 55.6 Å². The third-order valence-electron chi connectivity index (χ3n) is 6.67. The van der Waals surface area contributed by atoms with Crippen LogP contribution in [0.5, 0.6) is 11.5 Å². The Labute approximate surface area is 218 Å². The molecule has 0 spiro atoms. The van der Waals surface area contributed by atoms with Gasteiger partial charge >= 0.3 is 0 Å². The molecule has 7 nitrogen and oxygen atoms in total. The van der Waals surface area contributed by atoms with E-state index in [-0.39, 0.29) is 5.56 Å². The minimum absolute atomic E-state index is 0.121. The van der Waals surface area contributed by atoms with E-state index >= 15 is 0 Å². The second kappa shape index (κ2) is 12.2. The van der Waals surface area contributed by atoms with Gasteiger partial charge in [0.15, 0.2) is 16.6 Å². The minimum atomic E-state index is -0.121. The molecule has 1 aliphatic heterocycles. The number of anilines is 1. The summed E-state index contributed by atoms with van der Waals surface area (Å²) in [5.74, 6) is 1.37. The van der Waals surface area contributed by atoms with Gasteiger partial charge in [-0.25, -0.2) is 0 Å². The van der Waals surface area contributed by atoms with Gasteiger partial charge in [-0.1, -0.05) is 39.0 Å². The Morgan fingerprint density at radius 1 is 1.00 bits per heavy atom. The van der Waals surface area contributed by atoms with Crippen LogP contribution in [0, 0.1) is 0 Å². The normalized spacial score (nSPS) is 12.7. The van der Waals surface area contributed by atoms with Crippen molar-refractivity contribution in [1.29, 1.82) is 0 Å². The van der Waals surface area contributed by atoms with Crippen LogP contribution >= 0.6 is 12.2 Å².